The Balaban J connectivity index is 1.55. The van der Waals surface area contributed by atoms with Crippen molar-refractivity contribution in [1.29, 1.82) is 0 Å². The van der Waals surface area contributed by atoms with Crippen LogP contribution in [-0.4, -0.2) is 44.8 Å². The lowest BCUT2D eigenvalue weighted by Crippen LogP contribution is -2.32. The van der Waals surface area contributed by atoms with Gasteiger partial charge in [0, 0.05) is 43.0 Å². The fourth-order valence-electron chi connectivity index (χ4n) is 2.98. The molecular formula is C19H23N3O4S2. The lowest BCUT2D eigenvalue weighted by Gasteiger charge is -2.15. The quantitative estimate of drug-likeness (QED) is 0.681. The molecule has 3 rings (SSSR count). The highest BCUT2D eigenvalue weighted by Gasteiger charge is 2.19. The van der Waals surface area contributed by atoms with Crippen molar-refractivity contribution in [1.82, 2.24) is 14.9 Å². The zero-order valence-electron chi connectivity index (χ0n) is 15.4. The first-order valence-corrected chi connectivity index (χ1v) is 11.5. The van der Waals surface area contributed by atoms with Crippen molar-refractivity contribution in [2.24, 2.45) is 0 Å². The largest absolute Gasteiger partial charge is 0.352 e. The average Bonchev–Trinajstić information content (AvgIpc) is 3.40. The standard InChI is InChI=1S/C19H23N3O4S2/c23-18(22-10-1-2-11-22)8-9-20-19(24)15-5-3-7-17(13-15)28(25,26)21-14-16-6-4-12-27-16/h3-7,12-13,21H,1-2,8-11,14H2,(H,20,24). The van der Waals surface area contributed by atoms with E-state index in [9.17, 15) is 18.0 Å². The van der Waals surface area contributed by atoms with Gasteiger partial charge in [-0.15, -0.1) is 11.3 Å². The van der Waals surface area contributed by atoms with Crippen LogP contribution in [0.25, 0.3) is 0 Å². The van der Waals surface area contributed by atoms with E-state index in [0.717, 1.165) is 30.8 Å². The third-order valence-corrected chi connectivity index (χ3v) is 6.78. The SMILES string of the molecule is O=C(NCCC(=O)N1CCCC1)c1cccc(S(=O)(=O)NCc2cccs2)c1. The van der Waals surface area contributed by atoms with Gasteiger partial charge in [0.1, 0.15) is 0 Å². The van der Waals surface area contributed by atoms with Gasteiger partial charge in [0.25, 0.3) is 5.91 Å². The van der Waals surface area contributed by atoms with Crippen LogP contribution in [-0.2, 0) is 21.4 Å². The molecule has 1 aliphatic rings. The molecule has 0 spiro atoms. The summed E-state index contributed by atoms with van der Waals surface area (Å²) >= 11 is 1.47. The molecule has 1 saturated heterocycles. The van der Waals surface area contributed by atoms with Crippen molar-refractivity contribution in [3.05, 3.63) is 52.2 Å². The second-order valence-electron chi connectivity index (χ2n) is 6.53. The molecule has 1 aromatic carbocycles. The number of amides is 2. The van der Waals surface area contributed by atoms with E-state index >= 15 is 0 Å². The molecule has 9 heteroatoms. The highest BCUT2D eigenvalue weighted by Crippen LogP contribution is 2.14. The summed E-state index contributed by atoms with van der Waals surface area (Å²) in [7, 11) is -3.72. The van der Waals surface area contributed by atoms with E-state index in [4.69, 9.17) is 0 Å². The predicted molar refractivity (Wildman–Crippen MR) is 108 cm³/mol. The van der Waals surface area contributed by atoms with Crippen LogP contribution in [0.4, 0.5) is 0 Å². The summed E-state index contributed by atoms with van der Waals surface area (Å²) in [6, 6.07) is 9.58. The molecule has 2 N–H and O–H groups in total. The molecule has 7 nitrogen and oxygen atoms in total. The van der Waals surface area contributed by atoms with Crippen molar-refractivity contribution in [2.75, 3.05) is 19.6 Å². The van der Waals surface area contributed by atoms with Crippen molar-refractivity contribution in [3.8, 4) is 0 Å². The summed E-state index contributed by atoms with van der Waals surface area (Å²) in [6.45, 7) is 1.99. The Morgan fingerprint density at radius 3 is 2.61 bits per heavy atom. The number of nitrogens with zero attached hydrogens (tertiary/aromatic N) is 1. The zero-order chi connectivity index (χ0) is 20.0. The normalized spacial score (nSPS) is 14.2. The van der Waals surface area contributed by atoms with E-state index in [1.54, 1.807) is 11.0 Å². The van der Waals surface area contributed by atoms with E-state index in [2.05, 4.69) is 10.0 Å². The molecular weight excluding hydrogens is 398 g/mol. The molecule has 0 aliphatic carbocycles. The van der Waals surface area contributed by atoms with E-state index in [-0.39, 0.29) is 35.9 Å². The number of nitrogens with one attached hydrogen (secondary N) is 2. The van der Waals surface area contributed by atoms with Gasteiger partial charge in [0.2, 0.25) is 15.9 Å². The Morgan fingerprint density at radius 2 is 1.89 bits per heavy atom. The molecule has 150 valence electrons. The first-order chi connectivity index (χ1) is 13.5. The summed E-state index contributed by atoms with van der Waals surface area (Å²) in [5.74, 6) is -0.364. The lowest BCUT2D eigenvalue weighted by molar-refractivity contribution is -0.129. The van der Waals surface area contributed by atoms with Gasteiger partial charge < -0.3 is 10.2 Å². The fraction of sp³-hybridized carbons (Fsp3) is 0.368. The molecule has 0 bridgehead atoms. The molecule has 1 aliphatic heterocycles. The van der Waals surface area contributed by atoms with Crippen LogP contribution in [0.15, 0.2) is 46.7 Å². The zero-order valence-corrected chi connectivity index (χ0v) is 17.0. The summed E-state index contributed by atoms with van der Waals surface area (Å²) in [5, 5.41) is 4.56. The first kappa shape index (κ1) is 20.5. The Kier molecular flexibility index (Phi) is 6.82. The number of hydrogen-bond acceptors (Lipinski definition) is 5. The molecule has 0 saturated carbocycles. The molecule has 2 amide bonds. The molecule has 1 fully saturated rings. The van der Waals surface area contributed by atoms with Gasteiger partial charge in [-0.25, -0.2) is 13.1 Å². The first-order valence-electron chi connectivity index (χ1n) is 9.14. The number of likely N-dealkylation sites (tertiary alicyclic amines) is 1. The lowest BCUT2D eigenvalue weighted by atomic mass is 10.2. The highest BCUT2D eigenvalue weighted by atomic mass is 32.2. The van der Waals surface area contributed by atoms with Gasteiger partial charge >= 0.3 is 0 Å². The van der Waals surface area contributed by atoms with Crippen LogP contribution in [0.3, 0.4) is 0 Å². The molecule has 0 atom stereocenters. The average molecular weight is 422 g/mol. The maximum Gasteiger partial charge on any atom is 0.251 e. The third-order valence-electron chi connectivity index (χ3n) is 4.51. The van der Waals surface area contributed by atoms with Crippen LogP contribution < -0.4 is 10.0 Å². The number of rotatable bonds is 8. The Labute approximate surface area is 168 Å². The van der Waals surface area contributed by atoms with Gasteiger partial charge in [-0.2, -0.15) is 0 Å². The number of benzene rings is 1. The van der Waals surface area contributed by atoms with E-state index in [1.807, 2.05) is 17.5 Å². The minimum Gasteiger partial charge on any atom is -0.352 e. The number of carbonyl (C=O) groups excluding carboxylic acids is 2. The summed E-state index contributed by atoms with van der Waals surface area (Å²) in [6.07, 6.45) is 2.30. The van der Waals surface area contributed by atoms with Gasteiger partial charge in [0.15, 0.2) is 0 Å². The summed E-state index contributed by atoms with van der Waals surface area (Å²) in [4.78, 5) is 27.1. The third kappa shape index (κ3) is 5.40. The molecule has 0 unspecified atom stereocenters. The van der Waals surface area contributed by atoms with Gasteiger partial charge in [-0.1, -0.05) is 12.1 Å². The summed E-state index contributed by atoms with van der Waals surface area (Å²) in [5.41, 5.74) is 0.243. The fourth-order valence-corrected chi connectivity index (χ4v) is 4.76. The van der Waals surface area contributed by atoms with Gasteiger partial charge in [-0.3, -0.25) is 9.59 Å². The van der Waals surface area contributed by atoms with Crippen LogP contribution >= 0.6 is 11.3 Å². The second-order valence-corrected chi connectivity index (χ2v) is 9.32. The molecule has 2 aromatic rings. The van der Waals surface area contributed by atoms with Crippen molar-refractivity contribution in [2.45, 2.75) is 30.7 Å². The summed E-state index contributed by atoms with van der Waals surface area (Å²) < 4.78 is 27.5. The molecule has 1 aromatic heterocycles. The van der Waals surface area contributed by atoms with Crippen LogP contribution in [0, 0.1) is 0 Å². The predicted octanol–water partition coefficient (Wildman–Crippen LogP) is 1.97. The van der Waals surface area contributed by atoms with Crippen LogP contribution in [0.2, 0.25) is 0 Å². The topological polar surface area (TPSA) is 95.6 Å². The number of sulfonamides is 1. The Hall–Kier alpha value is -2.23. The van der Waals surface area contributed by atoms with E-state index < -0.39 is 15.9 Å². The number of hydrogen-bond donors (Lipinski definition) is 2. The minimum absolute atomic E-state index is 0.0323. The molecule has 2 heterocycles. The van der Waals surface area contributed by atoms with E-state index in [0.29, 0.717) is 0 Å². The number of carbonyl (C=O) groups is 2. The van der Waals surface area contributed by atoms with Crippen LogP contribution in [0.5, 0.6) is 0 Å². The Bertz CT molecular complexity index is 920. The van der Waals surface area contributed by atoms with Crippen molar-refractivity contribution in [3.63, 3.8) is 0 Å². The maximum atomic E-state index is 12.5. The maximum absolute atomic E-state index is 12.5. The van der Waals surface area contributed by atoms with Crippen LogP contribution in [0.1, 0.15) is 34.5 Å². The van der Waals surface area contributed by atoms with Crippen molar-refractivity contribution >= 4 is 33.2 Å². The number of thiophene rings is 1. The smallest absolute Gasteiger partial charge is 0.251 e. The van der Waals surface area contributed by atoms with Gasteiger partial charge in [0.05, 0.1) is 4.90 Å². The monoisotopic (exact) mass is 421 g/mol. The highest BCUT2D eigenvalue weighted by molar-refractivity contribution is 7.89. The van der Waals surface area contributed by atoms with Crippen molar-refractivity contribution < 1.29 is 18.0 Å². The van der Waals surface area contributed by atoms with E-state index in [1.165, 1.54) is 29.5 Å². The van der Waals surface area contributed by atoms with Gasteiger partial charge in [-0.05, 0) is 42.5 Å². The molecule has 28 heavy (non-hydrogen) atoms. The second kappa shape index (κ2) is 9.31. The molecule has 0 radical (unpaired) electrons. The minimum atomic E-state index is -3.72. The Morgan fingerprint density at radius 1 is 1.11 bits per heavy atom.